The van der Waals surface area contributed by atoms with Crippen LogP contribution in [0.1, 0.15) is 0 Å². The summed E-state index contributed by atoms with van der Waals surface area (Å²) in [4.78, 5) is 29.8. The number of carbonyl (C=O) groups excluding carboxylic acids is 2. The highest BCUT2D eigenvalue weighted by Gasteiger charge is 2.32. The summed E-state index contributed by atoms with van der Waals surface area (Å²) in [5.74, 6) is -1.25. The lowest BCUT2D eigenvalue weighted by molar-refractivity contribution is -0.138. The number of nitrogens with zero attached hydrogens (tertiary/aromatic N) is 3. The Morgan fingerprint density at radius 2 is 2.18 bits per heavy atom. The maximum absolute atomic E-state index is 10.9. The first-order valence-corrected chi connectivity index (χ1v) is 2.96. The third-order valence-corrected chi connectivity index (χ3v) is 1.33. The predicted molar refractivity (Wildman–Crippen MR) is 36.9 cm³/mol. The molecule has 0 N–H and O–H groups in total. The maximum atomic E-state index is 10.9. The summed E-state index contributed by atoms with van der Waals surface area (Å²) in [5, 5.41) is 0. The molecule has 0 spiro atoms. The summed E-state index contributed by atoms with van der Waals surface area (Å²) in [6.45, 7) is 0. The van der Waals surface area contributed by atoms with Crippen molar-refractivity contribution in [2.75, 3.05) is 0 Å². The van der Waals surface area contributed by atoms with Gasteiger partial charge in [0.15, 0.2) is 0 Å². The van der Waals surface area contributed by atoms with E-state index in [4.69, 9.17) is 0 Å². The molecule has 2 aliphatic heterocycles. The second-order valence-corrected chi connectivity index (χ2v) is 2.01. The molecule has 11 heavy (non-hydrogen) atoms. The minimum absolute atomic E-state index is 0.155. The predicted octanol–water partition coefficient (Wildman–Crippen LogP) is -0.691. The fraction of sp³-hybridized carbons (Fsp3) is 0. The molecule has 0 aromatic carbocycles. The van der Waals surface area contributed by atoms with E-state index in [0.717, 1.165) is 4.90 Å². The number of hydrogen-bond donors (Lipinski definition) is 0. The molecule has 0 fully saturated rings. The lowest BCUT2D eigenvalue weighted by Crippen LogP contribution is -2.29. The van der Waals surface area contributed by atoms with Gasteiger partial charge >= 0.3 is 11.8 Å². The van der Waals surface area contributed by atoms with Crippen molar-refractivity contribution in [2.45, 2.75) is 0 Å². The van der Waals surface area contributed by atoms with E-state index in [2.05, 4.69) is 9.98 Å². The molecule has 5 nitrogen and oxygen atoms in total. The largest absolute Gasteiger partial charge is 0.339 e. The highest BCUT2D eigenvalue weighted by molar-refractivity contribution is 6.44. The molecule has 0 saturated heterocycles. The van der Waals surface area contributed by atoms with Crippen LogP contribution in [0, 0.1) is 0 Å². The molecule has 2 heterocycles. The van der Waals surface area contributed by atoms with Gasteiger partial charge in [-0.05, 0) is 6.08 Å². The van der Waals surface area contributed by atoms with Gasteiger partial charge in [-0.2, -0.15) is 4.99 Å². The van der Waals surface area contributed by atoms with Crippen molar-refractivity contribution in [1.29, 1.82) is 0 Å². The van der Waals surface area contributed by atoms with E-state index >= 15 is 0 Å². The van der Waals surface area contributed by atoms with Crippen molar-refractivity contribution in [3.63, 3.8) is 0 Å². The Balaban J connectivity index is 2.47. The molecule has 2 amide bonds. The van der Waals surface area contributed by atoms with E-state index in [1.807, 2.05) is 0 Å². The van der Waals surface area contributed by atoms with Crippen molar-refractivity contribution in [1.82, 2.24) is 4.90 Å². The van der Waals surface area contributed by atoms with Crippen molar-refractivity contribution < 1.29 is 9.59 Å². The third kappa shape index (κ3) is 0.706. The number of hydrogen-bond acceptors (Lipinski definition) is 3. The van der Waals surface area contributed by atoms with Gasteiger partial charge in [0.2, 0.25) is 5.96 Å². The third-order valence-electron chi connectivity index (χ3n) is 1.33. The molecule has 0 unspecified atom stereocenters. The summed E-state index contributed by atoms with van der Waals surface area (Å²) in [5.41, 5.74) is 0. The molecule has 5 heteroatoms. The zero-order chi connectivity index (χ0) is 7.84. The van der Waals surface area contributed by atoms with Gasteiger partial charge in [-0.15, -0.1) is 0 Å². The Hall–Kier alpha value is -1.78. The van der Waals surface area contributed by atoms with E-state index < -0.39 is 11.8 Å². The van der Waals surface area contributed by atoms with Crippen molar-refractivity contribution in [3.05, 3.63) is 12.3 Å². The number of fused-ring (bicyclic) bond motifs is 1. The first-order chi connectivity index (χ1) is 5.29. The Kier molecular flexibility index (Phi) is 1.00. The lowest BCUT2D eigenvalue weighted by Gasteiger charge is -2.09. The van der Waals surface area contributed by atoms with Crippen LogP contribution in [0.25, 0.3) is 0 Å². The van der Waals surface area contributed by atoms with Gasteiger partial charge in [-0.1, -0.05) is 0 Å². The molecule has 0 atom stereocenters. The zero-order valence-corrected chi connectivity index (χ0v) is 5.39. The Bertz CT molecular complexity index is 327. The van der Waals surface area contributed by atoms with Crippen LogP contribution >= 0.6 is 0 Å². The highest BCUT2D eigenvalue weighted by atomic mass is 16.2. The normalized spacial score (nSPS) is 20.7. The van der Waals surface area contributed by atoms with Crippen LogP contribution in [0.4, 0.5) is 0 Å². The number of carbonyl (C=O) groups is 2. The van der Waals surface area contributed by atoms with Crippen molar-refractivity contribution in [3.8, 4) is 0 Å². The summed E-state index contributed by atoms with van der Waals surface area (Å²) in [6.07, 6.45) is 4.50. The van der Waals surface area contributed by atoms with Gasteiger partial charge in [0, 0.05) is 12.4 Å². The molecule has 2 rings (SSSR count). The minimum Gasteiger partial charge on any atom is -0.262 e. The average Bonchev–Trinajstić information content (AvgIpc) is 2.30. The second kappa shape index (κ2) is 1.85. The molecule has 0 aromatic rings. The SMILES string of the molecule is O=C1N=C2N=CC=CN2C1=O. The highest BCUT2D eigenvalue weighted by Crippen LogP contribution is 2.08. The number of guanidine groups is 1. The second-order valence-electron chi connectivity index (χ2n) is 2.01. The van der Waals surface area contributed by atoms with E-state index in [1.165, 1.54) is 12.4 Å². The number of rotatable bonds is 0. The van der Waals surface area contributed by atoms with Crippen LogP contribution in [0.5, 0.6) is 0 Å². The van der Waals surface area contributed by atoms with E-state index in [-0.39, 0.29) is 5.96 Å². The molecule has 0 aromatic heterocycles. The Morgan fingerprint density at radius 1 is 1.36 bits per heavy atom. The topological polar surface area (TPSA) is 62.1 Å². The summed E-state index contributed by atoms with van der Waals surface area (Å²) in [7, 11) is 0. The van der Waals surface area contributed by atoms with E-state index in [0.29, 0.717) is 0 Å². The zero-order valence-electron chi connectivity index (χ0n) is 5.39. The van der Waals surface area contributed by atoms with Crippen molar-refractivity contribution in [2.24, 2.45) is 9.98 Å². The number of aliphatic imine (C=N–C) groups is 2. The Morgan fingerprint density at radius 3 is 2.91 bits per heavy atom. The van der Waals surface area contributed by atoms with Gasteiger partial charge in [-0.3, -0.25) is 9.59 Å². The molecule has 2 aliphatic rings. The number of allylic oxidation sites excluding steroid dienone is 1. The summed E-state index contributed by atoms with van der Waals surface area (Å²) in [6, 6.07) is 0. The molecule has 0 radical (unpaired) electrons. The van der Waals surface area contributed by atoms with Gasteiger partial charge in [0.25, 0.3) is 0 Å². The smallest absolute Gasteiger partial charge is 0.262 e. The first-order valence-electron chi connectivity index (χ1n) is 2.96. The van der Waals surface area contributed by atoms with Crippen LogP contribution in [0.3, 0.4) is 0 Å². The monoisotopic (exact) mass is 149 g/mol. The summed E-state index contributed by atoms with van der Waals surface area (Å²) >= 11 is 0. The molecule has 0 saturated carbocycles. The number of amides is 2. The fourth-order valence-electron chi connectivity index (χ4n) is 0.846. The van der Waals surface area contributed by atoms with Crippen molar-refractivity contribution >= 4 is 24.0 Å². The van der Waals surface area contributed by atoms with E-state index in [1.54, 1.807) is 6.08 Å². The first kappa shape index (κ1) is 5.96. The van der Waals surface area contributed by atoms with Crippen LogP contribution in [-0.4, -0.2) is 28.9 Å². The van der Waals surface area contributed by atoms with Gasteiger partial charge in [0.05, 0.1) is 0 Å². The summed E-state index contributed by atoms with van der Waals surface area (Å²) < 4.78 is 0. The van der Waals surface area contributed by atoms with Gasteiger partial charge in [0.1, 0.15) is 0 Å². The van der Waals surface area contributed by atoms with Crippen LogP contribution in [0.2, 0.25) is 0 Å². The van der Waals surface area contributed by atoms with Gasteiger partial charge in [-0.25, -0.2) is 9.89 Å². The maximum Gasteiger partial charge on any atom is 0.339 e. The molecule has 0 aliphatic carbocycles. The molecular weight excluding hydrogens is 146 g/mol. The van der Waals surface area contributed by atoms with E-state index in [9.17, 15) is 9.59 Å². The molecular formula is C6H3N3O2. The quantitative estimate of drug-likeness (QED) is 0.428. The van der Waals surface area contributed by atoms with Gasteiger partial charge < -0.3 is 0 Å². The Labute approximate surface area is 61.7 Å². The fourth-order valence-corrected chi connectivity index (χ4v) is 0.846. The lowest BCUT2D eigenvalue weighted by atomic mass is 10.5. The minimum atomic E-state index is -0.760. The van der Waals surface area contributed by atoms with Crippen LogP contribution < -0.4 is 0 Å². The van der Waals surface area contributed by atoms with Crippen LogP contribution in [0.15, 0.2) is 22.3 Å². The standard InChI is InChI=1S/C6H3N3O2/c10-4-5(11)9-3-1-2-7-6(9)8-4/h1-3H. The molecule has 0 bridgehead atoms. The van der Waals surface area contributed by atoms with Crippen LogP contribution in [-0.2, 0) is 9.59 Å². The average molecular weight is 149 g/mol. The molecule has 54 valence electrons.